The molecule has 0 aromatic rings. The predicted octanol–water partition coefficient (Wildman–Crippen LogP) is 4.73. The molecule has 0 aromatic heterocycles. The number of hydrogen-bond acceptors (Lipinski definition) is 1. The average Bonchev–Trinajstić information content (AvgIpc) is 2.09. The summed E-state index contributed by atoms with van der Waals surface area (Å²) in [6.45, 7) is 14.8. The Hall–Kier alpha value is -0.503. The highest BCUT2D eigenvalue weighted by atomic mass is 28.4. The third kappa shape index (κ3) is 8.49. The van der Waals surface area contributed by atoms with E-state index in [-0.39, 0.29) is 0 Å². The standard InChI is InChI=1S/C13H26OSi/c1-7-9-10-13(8-2)11-12(3)14-15(4,5)6/h8,11,13H,2,7,9-10H2,1,3-6H3/b12-11+/t13-/m0/s1. The Morgan fingerprint density at radius 2 is 2.00 bits per heavy atom. The molecule has 0 fully saturated rings. The second-order valence-corrected chi connectivity index (χ2v) is 9.46. The van der Waals surface area contributed by atoms with Gasteiger partial charge in [0.25, 0.3) is 0 Å². The molecule has 0 bridgehead atoms. The molecule has 0 radical (unpaired) electrons. The van der Waals surface area contributed by atoms with Crippen molar-refractivity contribution in [3.05, 3.63) is 24.5 Å². The van der Waals surface area contributed by atoms with Crippen LogP contribution in [0.15, 0.2) is 24.5 Å². The second-order valence-electron chi connectivity index (χ2n) is 5.03. The fourth-order valence-corrected chi connectivity index (χ4v) is 2.56. The molecule has 1 atom stereocenters. The van der Waals surface area contributed by atoms with Crippen molar-refractivity contribution in [2.24, 2.45) is 5.92 Å². The molecular formula is C13H26OSi. The molecule has 0 rings (SSSR count). The molecule has 88 valence electrons. The Balaban J connectivity index is 4.22. The molecule has 0 saturated carbocycles. The van der Waals surface area contributed by atoms with Crippen LogP contribution in [0.4, 0.5) is 0 Å². The lowest BCUT2D eigenvalue weighted by Gasteiger charge is -2.20. The molecule has 0 spiro atoms. The lowest BCUT2D eigenvalue weighted by Crippen LogP contribution is -2.24. The van der Waals surface area contributed by atoms with E-state index in [4.69, 9.17) is 4.43 Å². The molecule has 0 unspecified atom stereocenters. The van der Waals surface area contributed by atoms with Gasteiger partial charge in [0.05, 0.1) is 5.76 Å². The molecule has 0 aliphatic rings. The highest BCUT2D eigenvalue weighted by Gasteiger charge is 2.16. The van der Waals surface area contributed by atoms with Gasteiger partial charge >= 0.3 is 0 Å². The molecule has 0 amide bonds. The minimum absolute atomic E-state index is 0.473. The topological polar surface area (TPSA) is 9.23 Å². The van der Waals surface area contributed by atoms with Gasteiger partial charge in [0, 0.05) is 0 Å². The fourth-order valence-electron chi connectivity index (χ4n) is 1.53. The van der Waals surface area contributed by atoms with Crippen molar-refractivity contribution in [1.29, 1.82) is 0 Å². The van der Waals surface area contributed by atoms with Gasteiger partial charge in [-0.3, -0.25) is 0 Å². The molecule has 2 heteroatoms. The molecule has 0 aromatic carbocycles. The van der Waals surface area contributed by atoms with Crippen LogP contribution in [0.5, 0.6) is 0 Å². The van der Waals surface area contributed by atoms with E-state index in [2.05, 4.69) is 46.1 Å². The SMILES string of the molecule is C=C[C@H](/C=C(\C)O[Si](C)(C)C)CCCC. The van der Waals surface area contributed by atoms with E-state index < -0.39 is 8.32 Å². The van der Waals surface area contributed by atoms with E-state index in [1.807, 2.05) is 6.08 Å². The number of rotatable bonds is 7. The first kappa shape index (κ1) is 14.5. The molecule has 0 heterocycles. The van der Waals surface area contributed by atoms with Gasteiger partial charge in [-0.25, -0.2) is 0 Å². The minimum Gasteiger partial charge on any atom is -0.548 e. The van der Waals surface area contributed by atoms with Crippen LogP contribution >= 0.6 is 0 Å². The summed E-state index contributed by atoms with van der Waals surface area (Å²) in [7, 11) is -1.43. The van der Waals surface area contributed by atoms with Crippen LogP contribution in [0.3, 0.4) is 0 Å². The summed E-state index contributed by atoms with van der Waals surface area (Å²) in [4.78, 5) is 0. The van der Waals surface area contributed by atoms with Crippen LogP contribution < -0.4 is 0 Å². The first-order chi connectivity index (χ1) is 6.89. The molecule has 1 nitrogen and oxygen atoms in total. The van der Waals surface area contributed by atoms with E-state index >= 15 is 0 Å². The minimum atomic E-state index is -1.43. The summed E-state index contributed by atoms with van der Waals surface area (Å²) >= 11 is 0. The highest BCUT2D eigenvalue weighted by Crippen LogP contribution is 2.16. The van der Waals surface area contributed by atoms with Crippen LogP contribution in [0.1, 0.15) is 33.1 Å². The number of unbranched alkanes of at least 4 members (excludes halogenated alkanes) is 1. The van der Waals surface area contributed by atoms with Gasteiger partial charge in [0.2, 0.25) is 8.32 Å². The van der Waals surface area contributed by atoms with Crippen molar-refractivity contribution in [2.45, 2.75) is 52.8 Å². The lowest BCUT2D eigenvalue weighted by atomic mass is 10.0. The van der Waals surface area contributed by atoms with Gasteiger partial charge in [-0.05, 0) is 45.0 Å². The largest absolute Gasteiger partial charge is 0.548 e. The molecule has 0 saturated heterocycles. The summed E-state index contributed by atoms with van der Waals surface area (Å²) < 4.78 is 5.90. The van der Waals surface area contributed by atoms with Crippen LogP contribution in [0.25, 0.3) is 0 Å². The Bertz CT molecular complexity index is 213. The third-order valence-corrected chi connectivity index (χ3v) is 3.04. The van der Waals surface area contributed by atoms with Gasteiger partial charge in [0.15, 0.2) is 0 Å². The maximum atomic E-state index is 5.90. The smallest absolute Gasteiger partial charge is 0.241 e. The van der Waals surface area contributed by atoms with Crippen LogP contribution in [0, 0.1) is 5.92 Å². The maximum Gasteiger partial charge on any atom is 0.241 e. The Morgan fingerprint density at radius 3 is 2.40 bits per heavy atom. The van der Waals surface area contributed by atoms with Gasteiger partial charge in [-0.1, -0.05) is 25.8 Å². The molecule has 0 N–H and O–H groups in total. The van der Waals surface area contributed by atoms with E-state index in [1.54, 1.807) is 0 Å². The Kier molecular flexibility index (Phi) is 6.65. The van der Waals surface area contributed by atoms with Gasteiger partial charge < -0.3 is 4.43 Å². The Morgan fingerprint density at radius 1 is 1.40 bits per heavy atom. The summed E-state index contributed by atoms with van der Waals surface area (Å²) in [5.74, 6) is 1.54. The lowest BCUT2D eigenvalue weighted by molar-refractivity contribution is 0.416. The first-order valence-corrected chi connectivity index (χ1v) is 9.30. The zero-order valence-corrected chi connectivity index (χ0v) is 12.0. The van der Waals surface area contributed by atoms with Crippen LogP contribution in [0.2, 0.25) is 19.6 Å². The van der Waals surface area contributed by atoms with Crippen molar-refractivity contribution < 1.29 is 4.43 Å². The first-order valence-electron chi connectivity index (χ1n) is 5.89. The molecule has 0 aliphatic carbocycles. The Labute approximate surface area is 96.4 Å². The van der Waals surface area contributed by atoms with E-state index in [9.17, 15) is 0 Å². The summed E-state index contributed by atoms with van der Waals surface area (Å²) in [5, 5.41) is 0. The second kappa shape index (κ2) is 6.89. The normalized spacial score (nSPS) is 14.9. The summed E-state index contributed by atoms with van der Waals surface area (Å²) in [6.07, 6.45) is 7.92. The van der Waals surface area contributed by atoms with Gasteiger partial charge in [0.1, 0.15) is 0 Å². The molecule has 15 heavy (non-hydrogen) atoms. The fraction of sp³-hybridized carbons (Fsp3) is 0.692. The van der Waals surface area contributed by atoms with Gasteiger partial charge in [-0.15, -0.1) is 6.58 Å². The maximum absolute atomic E-state index is 5.90. The van der Waals surface area contributed by atoms with Crippen molar-refractivity contribution in [1.82, 2.24) is 0 Å². The predicted molar refractivity (Wildman–Crippen MR) is 71.4 cm³/mol. The summed E-state index contributed by atoms with van der Waals surface area (Å²) in [6, 6.07) is 0. The third-order valence-electron chi connectivity index (χ3n) is 2.11. The number of hydrogen-bond donors (Lipinski definition) is 0. The van der Waals surface area contributed by atoms with Crippen molar-refractivity contribution in [3.8, 4) is 0 Å². The van der Waals surface area contributed by atoms with Crippen molar-refractivity contribution in [2.75, 3.05) is 0 Å². The average molecular weight is 226 g/mol. The van der Waals surface area contributed by atoms with Crippen LogP contribution in [-0.4, -0.2) is 8.32 Å². The quantitative estimate of drug-likeness (QED) is 0.346. The number of allylic oxidation sites excluding steroid dienone is 3. The van der Waals surface area contributed by atoms with Gasteiger partial charge in [-0.2, -0.15) is 0 Å². The zero-order chi connectivity index (χ0) is 11.9. The van der Waals surface area contributed by atoms with E-state index in [0.717, 1.165) is 5.76 Å². The summed E-state index contributed by atoms with van der Waals surface area (Å²) in [5.41, 5.74) is 0. The highest BCUT2D eigenvalue weighted by molar-refractivity contribution is 6.70. The van der Waals surface area contributed by atoms with E-state index in [0.29, 0.717) is 5.92 Å². The molecule has 0 aliphatic heterocycles. The van der Waals surface area contributed by atoms with Crippen LogP contribution in [-0.2, 0) is 4.43 Å². The zero-order valence-electron chi connectivity index (χ0n) is 11.0. The monoisotopic (exact) mass is 226 g/mol. The van der Waals surface area contributed by atoms with Crippen molar-refractivity contribution in [3.63, 3.8) is 0 Å². The molecular weight excluding hydrogens is 200 g/mol. The van der Waals surface area contributed by atoms with Crippen molar-refractivity contribution >= 4 is 8.32 Å². The van der Waals surface area contributed by atoms with E-state index in [1.165, 1.54) is 19.3 Å².